The third-order valence-electron chi connectivity index (χ3n) is 3.79. The number of piperidine rings is 1. The van der Waals surface area contributed by atoms with Crippen LogP contribution < -0.4 is 0 Å². The van der Waals surface area contributed by atoms with E-state index in [2.05, 4.69) is 32.7 Å². The number of likely N-dealkylation sites (tertiary alicyclic amines) is 1. The molecule has 4 heteroatoms. The first-order chi connectivity index (χ1) is 8.41. The van der Waals surface area contributed by atoms with Gasteiger partial charge in [0, 0.05) is 30.0 Å². The Labute approximate surface area is 116 Å². The zero-order valence-electron chi connectivity index (χ0n) is 12.5. The molecule has 1 rings (SSSR count). The van der Waals surface area contributed by atoms with Crippen molar-refractivity contribution in [2.45, 2.75) is 44.9 Å². The third kappa shape index (κ3) is 4.81. The van der Waals surface area contributed by atoms with Gasteiger partial charge in [-0.2, -0.15) is 11.8 Å². The fourth-order valence-electron chi connectivity index (χ4n) is 2.11. The van der Waals surface area contributed by atoms with E-state index in [1.54, 1.807) is 0 Å². The summed E-state index contributed by atoms with van der Waals surface area (Å²) in [6.07, 6.45) is 2.53. The molecule has 3 nitrogen and oxygen atoms in total. The normalized spacial score (nSPS) is 20.1. The Morgan fingerprint density at radius 3 is 2.39 bits per heavy atom. The molecule has 1 aliphatic rings. The summed E-state index contributed by atoms with van der Waals surface area (Å²) in [5, 5.41) is 0.751. The van der Waals surface area contributed by atoms with Crippen molar-refractivity contribution in [1.29, 1.82) is 0 Å². The number of hydrogen-bond acceptors (Lipinski definition) is 3. The van der Waals surface area contributed by atoms with Crippen LogP contribution in [0.1, 0.15) is 33.6 Å². The van der Waals surface area contributed by atoms with Crippen molar-refractivity contribution < 1.29 is 4.79 Å². The van der Waals surface area contributed by atoms with Crippen LogP contribution in [-0.2, 0) is 4.79 Å². The van der Waals surface area contributed by atoms with Crippen LogP contribution in [0.15, 0.2) is 0 Å². The Morgan fingerprint density at radius 1 is 1.33 bits per heavy atom. The van der Waals surface area contributed by atoms with Gasteiger partial charge in [-0.25, -0.2) is 0 Å². The highest BCUT2D eigenvalue weighted by molar-refractivity contribution is 7.99. The molecule has 0 aromatic carbocycles. The molecule has 0 aliphatic carbocycles. The maximum absolute atomic E-state index is 12.1. The van der Waals surface area contributed by atoms with E-state index in [0.717, 1.165) is 11.0 Å². The van der Waals surface area contributed by atoms with Gasteiger partial charge in [0.2, 0.25) is 5.91 Å². The number of amides is 1. The van der Waals surface area contributed by atoms with Crippen molar-refractivity contribution in [3.8, 4) is 0 Å². The van der Waals surface area contributed by atoms with Crippen LogP contribution in [0, 0.1) is 5.92 Å². The van der Waals surface area contributed by atoms with E-state index in [-0.39, 0.29) is 11.8 Å². The van der Waals surface area contributed by atoms with Crippen LogP contribution >= 0.6 is 11.8 Å². The molecule has 1 atom stereocenters. The molecule has 1 heterocycles. The van der Waals surface area contributed by atoms with Crippen molar-refractivity contribution in [3.05, 3.63) is 0 Å². The highest BCUT2D eigenvalue weighted by atomic mass is 32.2. The van der Waals surface area contributed by atoms with Gasteiger partial charge in [0.1, 0.15) is 0 Å². The zero-order chi connectivity index (χ0) is 13.7. The van der Waals surface area contributed by atoms with E-state index in [4.69, 9.17) is 0 Å². The highest BCUT2D eigenvalue weighted by Crippen LogP contribution is 2.25. The molecular weight excluding hydrogens is 244 g/mol. The lowest BCUT2D eigenvalue weighted by atomic mass is 10.1. The van der Waals surface area contributed by atoms with Gasteiger partial charge in [-0.1, -0.05) is 6.92 Å². The molecule has 106 valence electrons. The Morgan fingerprint density at radius 2 is 1.89 bits per heavy atom. The van der Waals surface area contributed by atoms with Crippen molar-refractivity contribution in [2.75, 3.05) is 32.9 Å². The van der Waals surface area contributed by atoms with Gasteiger partial charge in [-0.05, 0) is 46.8 Å². The molecule has 0 unspecified atom stereocenters. The lowest BCUT2D eigenvalue weighted by Crippen LogP contribution is -2.38. The smallest absolute Gasteiger partial charge is 0.226 e. The summed E-state index contributed by atoms with van der Waals surface area (Å²) < 4.78 is 0. The second-order valence-corrected chi connectivity index (χ2v) is 7.11. The number of thioether (sulfide) groups is 1. The lowest BCUT2D eigenvalue weighted by molar-refractivity contribution is -0.134. The van der Waals surface area contributed by atoms with Crippen molar-refractivity contribution >= 4 is 17.7 Å². The number of carbonyl (C=O) groups is 1. The minimum atomic E-state index is 0.141. The summed E-state index contributed by atoms with van der Waals surface area (Å²) >= 11 is 1.99. The maximum Gasteiger partial charge on any atom is 0.226 e. The fourth-order valence-corrected chi connectivity index (χ4v) is 3.35. The van der Waals surface area contributed by atoms with Gasteiger partial charge in [0.05, 0.1) is 0 Å². The summed E-state index contributed by atoms with van der Waals surface area (Å²) in [5.74, 6) is 1.39. The van der Waals surface area contributed by atoms with Crippen LogP contribution in [0.3, 0.4) is 0 Å². The van der Waals surface area contributed by atoms with E-state index in [1.165, 1.54) is 25.9 Å². The third-order valence-corrected chi connectivity index (χ3v) is 5.43. The summed E-state index contributed by atoms with van der Waals surface area (Å²) in [5.41, 5.74) is 0. The molecule has 1 fully saturated rings. The van der Waals surface area contributed by atoms with Crippen molar-refractivity contribution in [2.24, 2.45) is 5.92 Å². The average Bonchev–Trinajstić information content (AvgIpc) is 2.35. The predicted octanol–water partition coefficient (Wildman–Crippen LogP) is 2.32. The standard InChI is InChI=1S/C14H28N2OS/c1-11(2)16(5)14(17)12(3)10-18-13-6-8-15(4)9-7-13/h11-13H,6-10H2,1-5H3/t12-/m1/s1. The van der Waals surface area contributed by atoms with Crippen LogP contribution in [0.5, 0.6) is 0 Å². The SMILES string of the molecule is CC(C)N(C)C(=O)[C@H](C)CSC1CCN(C)CC1. The van der Waals surface area contributed by atoms with E-state index in [9.17, 15) is 4.79 Å². The largest absolute Gasteiger partial charge is 0.343 e. The van der Waals surface area contributed by atoms with Crippen LogP contribution in [0.2, 0.25) is 0 Å². The Hall–Kier alpha value is -0.220. The summed E-state index contributed by atoms with van der Waals surface area (Å²) in [4.78, 5) is 16.4. The first-order valence-corrected chi connectivity index (χ1v) is 8.03. The molecule has 0 radical (unpaired) electrons. The van der Waals surface area contributed by atoms with Gasteiger partial charge in [0.15, 0.2) is 0 Å². The molecule has 1 saturated heterocycles. The number of hydrogen-bond donors (Lipinski definition) is 0. The van der Waals surface area contributed by atoms with Crippen LogP contribution in [-0.4, -0.2) is 59.9 Å². The number of nitrogens with zero attached hydrogens (tertiary/aromatic N) is 2. The summed E-state index contributed by atoms with van der Waals surface area (Å²) in [6.45, 7) is 8.59. The van der Waals surface area contributed by atoms with Crippen LogP contribution in [0.25, 0.3) is 0 Å². The van der Waals surface area contributed by atoms with Gasteiger partial charge in [0.25, 0.3) is 0 Å². The second kappa shape index (κ2) is 7.39. The lowest BCUT2D eigenvalue weighted by Gasteiger charge is -2.30. The van der Waals surface area contributed by atoms with E-state index < -0.39 is 0 Å². The Bertz CT molecular complexity index is 263. The van der Waals surface area contributed by atoms with Crippen molar-refractivity contribution in [3.63, 3.8) is 0 Å². The first-order valence-electron chi connectivity index (χ1n) is 6.98. The second-order valence-electron chi connectivity index (χ2n) is 5.78. The maximum atomic E-state index is 12.1. The first kappa shape index (κ1) is 15.8. The Balaban J connectivity index is 2.28. The highest BCUT2D eigenvalue weighted by Gasteiger charge is 2.22. The van der Waals surface area contributed by atoms with E-state index in [1.807, 2.05) is 23.7 Å². The molecule has 0 N–H and O–H groups in total. The van der Waals surface area contributed by atoms with Gasteiger partial charge in [-0.3, -0.25) is 4.79 Å². The molecular formula is C14H28N2OS. The van der Waals surface area contributed by atoms with Crippen molar-refractivity contribution in [1.82, 2.24) is 9.80 Å². The summed E-state index contributed by atoms with van der Waals surface area (Å²) in [7, 11) is 4.09. The minimum absolute atomic E-state index is 0.141. The molecule has 18 heavy (non-hydrogen) atoms. The summed E-state index contributed by atoms with van der Waals surface area (Å²) in [6, 6.07) is 0.299. The van der Waals surface area contributed by atoms with Gasteiger partial charge >= 0.3 is 0 Å². The minimum Gasteiger partial charge on any atom is -0.343 e. The predicted molar refractivity (Wildman–Crippen MR) is 80.0 cm³/mol. The molecule has 0 bridgehead atoms. The number of carbonyl (C=O) groups excluding carboxylic acids is 1. The molecule has 1 amide bonds. The van der Waals surface area contributed by atoms with Gasteiger partial charge in [-0.15, -0.1) is 0 Å². The topological polar surface area (TPSA) is 23.6 Å². The average molecular weight is 272 g/mol. The quantitative estimate of drug-likeness (QED) is 0.767. The molecule has 0 saturated carbocycles. The zero-order valence-corrected chi connectivity index (χ0v) is 13.3. The van der Waals surface area contributed by atoms with Gasteiger partial charge < -0.3 is 9.80 Å². The monoisotopic (exact) mass is 272 g/mol. The molecule has 1 aliphatic heterocycles. The Kier molecular flexibility index (Phi) is 6.50. The molecule has 0 aromatic heterocycles. The molecule has 0 aromatic rings. The number of rotatable bonds is 5. The molecule has 0 spiro atoms. The van der Waals surface area contributed by atoms with E-state index >= 15 is 0 Å². The van der Waals surface area contributed by atoms with Crippen LogP contribution in [0.4, 0.5) is 0 Å². The fraction of sp³-hybridized carbons (Fsp3) is 0.929. The van der Waals surface area contributed by atoms with E-state index in [0.29, 0.717) is 6.04 Å².